The Labute approximate surface area is 156 Å². The van der Waals surface area contributed by atoms with E-state index in [4.69, 9.17) is 13.7 Å². The number of hydrogen-bond acceptors (Lipinski definition) is 7. The highest BCUT2D eigenvalue weighted by Crippen LogP contribution is 2.28. The number of nitrogens with zero attached hydrogens (tertiary/aromatic N) is 4. The molecule has 0 bridgehead atoms. The molecule has 8 nitrogen and oxygen atoms in total. The molecule has 0 radical (unpaired) electrons. The molecule has 1 fully saturated rings. The molecule has 0 aromatic carbocycles. The van der Waals surface area contributed by atoms with Crippen molar-refractivity contribution < 1.29 is 18.5 Å². The summed E-state index contributed by atoms with van der Waals surface area (Å²) in [5.74, 6) is 2.22. The number of carbonyl (C=O) groups is 1. The van der Waals surface area contributed by atoms with Crippen LogP contribution < -0.4 is 0 Å². The van der Waals surface area contributed by atoms with E-state index in [1.165, 1.54) is 0 Å². The minimum absolute atomic E-state index is 0.0973. The van der Waals surface area contributed by atoms with Gasteiger partial charge in [-0.3, -0.25) is 9.78 Å². The van der Waals surface area contributed by atoms with Gasteiger partial charge in [0.15, 0.2) is 11.6 Å². The minimum atomic E-state index is -0.0973. The maximum atomic E-state index is 12.6. The van der Waals surface area contributed by atoms with Gasteiger partial charge in [0, 0.05) is 38.5 Å². The molecule has 1 saturated heterocycles. The third kappa shape index (κ3) is 3.75. The molecule has 140 valence electrons. The first-order chi connectivity index (χ1) is 13.2. The normalized spacial score (nSPS) is 15.2. The van der Waals surface area contributed by atoms with Crippen molar-refractivity contribution in [2.75, 3.05) is 20.2 Å². The Balaban J connectivity index is 1.37. The van der Waals surface area contributed by atoms with E-state index < -0.39 is 0 Å². The third-order valence-corrected chi connectivity index (χ3v) is 4.66. The average molecular weight is 368 g/mol. The highest BCUT2D eigenvalue weighted by atomic mass is 16.5. The molecule has 27 heavy (non-hydrogen) atoms. The van der Waals surface area contributed by atoms with Crippen molar-refractivity contribution in [1.82, 2.24) is 20.0 Å². The summed E-state index contributed by atoms with van der Waals surface area (Å²) >= 11 is 0. The van der Waals surface area contributed by atoms with Gasteiger partial charge in [0.05, 0.1) is 5.56 Å². The molecule has 1 aliphatic rings. The largest absolute Gasteiger partial charge is 0.453 e. The number of likely N-dealkylation sites (tertiary alicyclic amines) is 1. The topological polar surface area (TPSA) is 94.5 Å². The second kappa shape index (κ2) is 7.71. The highest BCUT2D eigenvalue weighted by Gasteiger charge is 2.28. The number of ether oxygens (including phenoxy) is 1. The maximum Gasteiger partial charge on any atom is 0.289 e. The number of furan rings is 1. The fourth-order valence-electron chi connectivity index (χ4n) is 3.22. The van der Waals surface area contributed by atoms with Crippen LogP contribution in [0.15, 0.2) is 45.6 Å². The molecule has 0 N–H and O–H groups in total. The number of aromatic nitrogens is 3. The van der Waals surface area contributed by atoms with Crippen molar-refractivity contribution in [2.24, 2.45) is 0 Å². The lowest BCUT2D eigenvalue weighted by Gasteiger charge is -2.29. The first-order valence-corrected chi connectivity index (χ1v) is 8.85. The molecule has 0 aliphatic carbocycles. The van der Waals surface area contributed by atoms with E-state index in [-0.39, 0.29) is 11.8 Å². The zero-order chi connectivity index (χ0) is 18.6. The van der Waals surface area contributed by atoms with Crippen LogP contribution in [0.1, 0.15) is 40.9 Å². The minimum Gasteiger partial charge on any atom is -0.453 e. The van der Waals surface area contributed by atoms with Crippen LogP contribution >= 0.6 is 0 Å². The molecule has 0 unspecified atom stereocenters. The van der Waals surface area contributed by atoms with E-state index >= 15 is 0 Å². The number of carbonyl (C=O) groups excluding carboxylic acids is 1. The van der Waals surface area contributed by atoms with E-state index in [2.05, 4.69) is 15.1 Å². The zero-order valence-electron chi connectivity index (χ0n) is 15.0. The summed E-state index contributed by atoms with van der Waals surface area (Å²) in [7, 11) is 1.59. The van der Waals surface area contributed by atoms with Crippen molar-refractivity contribution in [2.45, 2.75) is 25.4 Å². The molecule has 4 rings (SSSR count). The lowest BCUT2D eigenvalue weighted by molar-refractivity contribution is 0.0671. The lowest BCUT2D eigenvalue weighted by Crippen LogP contribution is -2.37. The molecule has 0 spiro atoms. The maximum absolute atomic E-state index is 12.6. The van der Waals surface area contributed by atoms with Crippen LogP contribution in [0.4, 0.5) is 0 Å². The zero-order valence-corrected chi connectivity index (χ0v) is 15.0. The van der Waals surface area contributed by atoms with E-state index in [0.29, 0.717) is 42.9 Å². The first-order valence-electron chi connectivity index (χ1n) is 8.85. The summed E-state index contributed by atoms with van der Waals surface area (Å²) in [6.07, 6.45) is 4.96. The van der Waals surface area contributed by atoms with E-state index in [0.717, 1.165) is 18.4 Å². The van der Waals surface area contributed by atoms with Gasteiger partial charge in [-0.15, -0.1) is 0 Å². The monoisotopic (exact) mass is 368 g/mol. The summed E-state index contributed by atoms with van der Waals surface area (Å²) in [5, 5.41) is 4.12. The van der Waals surface area contributed by atoms with Gasteiger partial charge >= 0.3 is 0 Å². The molecule has 1 amide bonds. The lowest BCUT2D eigenvalue weighted by atomic mass is 9.96. The SMILES string of the molecule is COCc1ccc(C(=O)N2CCC(c3noc(-c4cccnc4)n3)CC2)o1. The Morgan fingerprint density at radius 2 is 2.15 bits per heavy atom. The van der Waals surface area contributed by atoms with Crippen LogP contribution in [0.5, 0.6) is 0 Å². The van der Waals surface area contributed by atoms with Crippen molar-refractivity contribution >= 4 is 5.91 Å². The van der Waals surface area contributed by atoms with Crippen LogP contribution in [0.2, 0.25) is 0 Å². The Morgan fingerprint density at radius 3 is 2.89 bits per heavy atom. The highest BCUT2D eigenvalue weighted by molar-refractivity contribution is 5.91. The van der Waals surface area contributed by atoms with E-state index in [1.54, 1.807) is 36.5 Å². The standard InChI is InChI=1S/C19H20N4O4/c1-25-12-15-4-5-16(26-15)19(24)23-9-6-13(7-10-23)17-21-18(27-22-17)14-3-2-8-20-11-14/h2-5,8,11,13H,6-7,9-10,12H2,1H3. The summed E-state index contributed by atoms with van der Waals surface area (Å²) in [5.41, 5.74) is 0.800. The van der Waals surface area contributed by atoms with Crippen LogP contribution in [0.25, 0.3) is 11.5 Å². The fourth-order valence-corrected chi connectivity index (χ4v) is 3.22. The van der Waals surface area contributed by atoms with E-state index in [1.807, 2.05) is 12.1 Å². The predicted octanol–water partition coefficient (Wildman–Crippen LogP) is 2.89. The van der Waals surface area contributed by atoms with Gasteiger partial charge in [-0.1, -0.05) is 5.16 Å². The van der Waals surface area contributed by atoms with Gasteiger partial charge in [0.25, 0.3) is 11.8 Å². The van der Waals surface area contributed by atoms with Crippen LogP contribution in [-0.4, -0.2) is 46.1 Å². The molecule has 3 aromatic rings. The number of amides is 1. The number of pyridine rings is 1. The number of rotatable bonds is 5. The number of methoxy groups -OCH3 is 1. The first kappa shape index (κ1) is 17.4. The van der Waals surface area contributed by atoms with Gasteiger partial charge in [0.1, 0.15) is 12.4 Å². The van der Waals surface area contributed by atoms with Gasteiger partial charge < -0.3 is 18.6 Å². The Bertz CT molecular complexity index is 897. The smallest absolute Gasteiger partial charge is 0.289 e. The Hall–Kier alpha value is -3.00. The average Bonchev–Trinajstić information content (AvgIpc) is 3.39. The predicted molar refractivity (Wildman–Crippen MR) is 94.8 cm³/mol. The molecule has 1 aliphatic heterocycles. The summed E-state index contributed by atoms with van der Waals surface area (Å²) in [6, 6.07) is 7.17. The van der Waals surface area contributed by atoms with Crippen LogP contribution in [-0.2, 0) is 11.3 Å². The van der Waals surface area contributed by atoms with Gasteiger partial charge in [-0.05, 0) is 37.1 Å². The van der Waals surface area contributed by atoms with Gasteiger partial charge in [-0.25, -0.2) is 0 Å². The quantitative estimate of drug-likeness (QED) is 0.683. The van der Waals surface area contributed by atoms with Crippen LogP contribution in [0, 0.1) is 0 Å². The number of hydrogen-bond donors (Lipinski definition) is 0. The summed E-state index contributed by atoms with van der Waals surface area (Å²) in [6.45, 7) is 1.60. The Kier molecular flexibility index (Phi) is 4.97. The molecular formula is C19H20N4O4. The summed E-state index contributed by atoms with van der Waals surface area (Å²) < 4.78 is 15.9. The van der Waals surface area contributed by atoms with Crippen molar-refractivity contribution in [3.63, 3.8) is 0 Å². The molecule has 4 heterocycles. The third-order valence-electron chi connectivity index (χ3n) is 4.66. The molecular weight excluding hydrogens is 348 g/mol. The summed E-state index contributed by atoms with van der Waals surface area (Å²) in [4.78, 5) is 23.0. The number of piperidine rings is 1. The van der Waals surface area contributed by atoms with Crippen molar-refractivity contribution in [3.05, 3.63) is 54.0 Å². The molecule has 0 saturated carbocycles. The van der Waals surface area contributed by atoms with E-state index in [9.17, 15) is 4.79 Å². The van der Waals surface area contributed by atoms with Crippen molar-refractivity contribution in [3.8, 4) is 11.5 Å². The van der Waals surface area contributed by atoms with Crippen LogP contribution in [0.3, 0.4) is 0 Å². The Morgan fingerprint density at radius 1 is 1.30 bits per heavy atom. The van der Waals surface area contributed by atoms with Crippen molar-refractivity contribution in [1.29, 1.82) is 0 Å². The van der Waals surface area contributed by atoms with Gasteiger partial charge in [0.2, 0.25) is 0 Å². The van der Waals surface area contributed by atoms with Gasteiger partial charge in [-0.2, -0.15) is 4.98 Å². The second-order valence-corrected chi connectivity index (χ2v) is 6.46. The molecule has 8 heteroatoms. The second-order valence-electron chi connectivity index (χ2n) is 6.46. The molecule has 3 aromatic heterocycles. The fraction of sp³-hybridized carbons (Fsp3) is 0.368. The molecule has 0 atom stereocenters.